The van der Waals surface area contributed by atoms with Gasteiger partial charge in [0.15, 0.2) is 5.69 Å². The fraction of sp³-hybridized carbons (Fsp3) is 0.400. The number of nitrogens with one attached hydrogen (secondary N) is 1. The molecule has 92 valence electrons. The maximum absolute atomic E-state index is 11.2. The van der Waals surface area contributed by atoms with Gasteiger partial charge in [0.1, 0.15) is 9.77 Å². The van der Waals surface area contributed by atoms with E-state index in [-0.39, 0.29) is 11.6 Å². The second-order valence-electron chi connectivity index (χ2n) is 3.75. The fourth-order valence-corrected chi connectivity index (χ4v) is 1.76. The van der Waals surface area contributed by atoms with Crippen LogP contribution in [0.25, 0.3) is 0 Å². The van der Waals surface area contributed by atoms with Gasteiger partial charge in [0, 0.05) is 7.05 Å². The van der Waals surface area contributed by atoms with Gasteiger partial charge in [-0.2, -0.15) is 0 Å². The lowest BCUT2D eigenvalue weighted by molar-refractivity contribution is -0.138. The zero-order chi connectivity index (χ0) is 13.1. The first kappa shape index (κ1) is 13.4. The van der Waals surface area contributed by atoms with Crippen molar-refractivity contribution in [3.8, 4) is 0 Å². The molecule has 0 radical (unpaired) electrons. The Hall–Kier alpha value is -1.63. The number of hydrogen-bond acceptors (Lipinski definition) is 5. The van der Waals surface area contributed by atoms with Crippen molar-refractivity contribution in [2.45, 2.75) is 23.6 Å². The third-order valence-corrected chi connectivity index (χ3v) is 3.09. The SMILES string of the molecule is CNC(=O)c1ccc(SC(C)(C)C(=O)O)nn1. The van der Waals surface area contributed by atoms with Crippen LogP contribution in [0.5, 0.6) is 0 Å². The molecular weight excluding hydrogens is 242 g/mol. The summed E-state index contributed by atoms with van der Waals surface area (Å²) >= 11 is 1.08. The van der Waals surface area contributed by atoms with Crippen LogP contribution in [0.3, 0.4) is 0 Å². The fourth-order valence-electron chi connectivity index (χ4n) is 0.929. The van der Waals surface area contributed by atoms with E-state index < -0.39 is 10.7 Å². The molecule has 0 aliphatic heterocycles. The zero-order valence-corrected chi connectivity index (χ0v) is 10.5. The number of aromatic nitrogens is 2. The first-order valence-corrected chi connectivity index (χ1v) is 5.66. The number of hydrogen-bond donors (Lipinski definition) is 2. The number of rotatable bonds is 4. The highest BCUT2D eigenvalue weighted by Crippen LogP contribution is 2.30. The predicted octanol–water partition coefficient (Wildman–Crippen LogP) is 0.791. The van der Waals surface area contributed by atoms with Gasteiger partial charge in [-0.25, -0.2) is 0 Å². The van der Waals surface area contributed by atoms with E-state index in [0.717, 1.165) is 11.8 Å². The van der Waals surface area contributed by atoms with Crippen molar-refractivity contribution < 1.29 is 14.7 Å². The van der Waals surface area contributed by atoms with Crippen molar-refractivity contribution in [2.75, 3.05) is 7.05 Å². The summed E-state index contributed by atoms with van der Waals surface area (Å²) in [5.41, 5.74) is 0.199. The Morgan fingerprint density at radius 2 is 2.00 bits per heavy atom. The Morgan fingerprint density at radius 1 is 1.35 bits per heavy atom. The van der Waals surface area contributed by atoms with Crippen LogP contribution in [-0.4, -0.2) is 39.0 Å². The van der Waals surface area contributed by atoms with Crippen LogP contribution in [-0.2, 0) is 4.79 Å². The Labute approximate surface area is 103 Å². The molecule has 0 unspecified atom stereocenters. The van der Waals surface area contributed by atoms with E-state index in [4.69, 9.17) is 5.11 Å². The number of aliphatic carboxylic acids is 1. The number of carboxylic acids is 1. The average Bonchev–Trinajstić information content (AvgIpc) is 2.28. The number of carboxylic acid groups (broad SMARTS) is 1. The lowest BCUT2D eigenvalue weighted by Crippen LogP contribution is -2.27. The maximum Gasteiger partial charge on any atom is 0.319 e. The Morgan fingerprint density at radius 3 is 2.41 bits per heavy atom. The summed E-state index contributed by atoms with van der Waals surface area (Å²) in [6.45, 7) is 3.16. The van der Waals surface area contributed by atoms with Gasteiger partial charge in [-0.3, -0.25) is 9.59 Å². The summed E-state index contributed by atoms with van der Waals surface area (Å²) in [4.78, 5) is 22.1. The van der Waals surface area contributed by atoms with Crippen LogP contribution in [0.15, 0.2) is 17.2 Å². The molecular formula is C10H13N3O3S. The molecule has 1 heterocycles. The van der Waals surface area contributed by atoms with Gasteiger partial charge < -0.3 is 10.4 Å². The molecule has 0 aliphatic rings. The van der Waals surface area contributed by atoms with E-state index >= 15 is 0 Å². The van der Waals surface area contributed by atoms with Crippen molar-refractivity contribution in [3.05, 3.63) is 17.8 Å². The van der Waals surface area contributed by atoms with Gasteiger partial charge in [0.05, 0.1) is 0 Å². The van der Waals surface area contributed by atoms with Crippen LogP contribution in [0.4, 0.5) is 0 Å². The molecule has 0 fully saturated rings. The highest BCUT2D eigenvalue weighted by molar-refractivity contribution is 8.01. The number of thioether (sulfide) groups is 1. The standard InChI is InChI=1S/C10H13N3O3S/c1-10(2,9(15)16)17-7-5-4-6(12-13-7)8(14)11-3/h4-5H,1-3H3,(H,11,14)(H,15,16). The first-order chi connectivity index (χ1) is 7.86. The summed E-state index contributed by atoms with van der Waals surface area (Å²) in [7, 11) is 1.50. The lowest BCUT2D eigenvalue weighted by atomic mass is 10.2. The minimum absolute atomic E-state index is 0.199. The van der Waals surface area contributed by atoms with Crippen molar-refractivity contribution in [2.24, 2.45) is 0 Å². The second kappa shape index (κ2) is 5.13. The van der Waals surface area contributed by atoms with Crippen LogP contribution in [0.1, 0.15) is 24.3 Å². The Balaban J connectivity index is 2.82. The molecule has 2 N–H and O–H groups in total. The topological polar surface area (TPSA) is 92.2 Å². The van der Waals surface area contributed by atoms with E-state index in [9.17, 15) is 9.59 Å². The quantitative estimate of drug-likeness (QED) is 0.773. The molecule has 1 aromatic rings. The van der Waals surface area contributed by atoms with Crippen molar-refractivity contribution in [3.63, 3.8) is 0 Å². The van der Waals surface area contributed by atoms with Gasteiger partial charge in [-0.15, -0.1) is 10.2 Å². The molecule has 1 rings (SSSR count). The number of amides is 1. The number of nitrogens with zero attached hydrogens (tertiary/aromatic N) is 2. The Bertz CT molecular complexity index is 431. The predicted molar refractivity (Wildman–Crippen MR) is 63.0 cm³/mol. The highest BCUT2D eigenvalue weighted by Gasteiger charge is 2.29. The molecule has 0 aromatic carbocycles. The molecule has 6 nitrogen and oxygen atoms in total. The minimum Gasteiger partial charge on any atom is -0.480 e. The van der Waals surface area contributed by atoms with Crippen LogP contribution in [0, 0.1) is 0 Å². The number of carbonyl (C=O) groups excluding carboxylic acids is 1. The molecule has 0 aliphatic carbocycles. The van der Waals surface area contributed by atoms with E-state index in [1.54, 1.807) is 19.9 Å². The molecule has 0 saturated carbocycles. The molecule has 1 amide bonds. The molecule has 7 heteroatoms. The highest BCUT2D eigenvalue weighted by atomic mass is 32.2. The molecule has 0 atom stereocenters. The normalized spacial score (nSPS) is 11.0. The smallest absolute Gasteiger partial charge is 0.319 e. The van der Waals surface area contributed by atoms with Crippen molar-refractivity contribution >= 4 is 23.6 Å². The zero-order valence-electron chi connectivity index (χ0n) is 9.72. The Kier molecular flexibility index (Phi) is 4.06. The van der Waals surface area contributed by atoms with Gasteiger partial charge in [0.2, 0.25) is 0 Å². The molecule has 0 spiro atoms. The van der Waals surface area contributed by atoms with E-state index in [2.05, 4.69) is 15.5 Å². The maximum atomic E-state index is 11.2. The number of carbonyl (C=O) groups is 2. The summed E-state index contributed by atoms with van der Waals surface area (Å²) < 4.78 is -0.983. The first-order valence-electron chi connectivity index (χ1n) is 4.85. The average molecular weight is 255 g/mol. The van der Waals surface area contributed by atoms with Crippen molar-refractivity contribution in [1.82, 2.24) is 15.5 Å². The summed E-state index contributed by atoms with van der Waals surface area (Å²) in [6, 6.07) is 3.08. The van der Waals surface area contributed by atoms with Crippen LogP contribution < -0.4 is 5.32 Å². The van der Waals surface area contributed by atoms with Crippen LogP contribution in [0.2, 0.25) is 0 Å². The molecule has 0 saturated heterocycles. The van der Waals surface area contributed by atoms with E-state index in [0.29, 0.717) is 5.03 Å². The minimum atomic E-state index is -0.983. The largest absolute Gasteiger partial charge is 0.480 e. The molecule has 17 heavy (non-hydrogen) atoms. The van der Waals surface area contributed by atoms with Crippen molar-refractivity contribution in [1.29, 1.82) is 0 Å². The summed E-state index contributed by atoms with van der Waals surface area (Å²) in [6.07, 6.45) is 0. The van der Waals surface area contributed by atoms with Gasteiger partial charge >= 0.3 is 5.97 Å². The monoisotopic (exact) mass is 255 g/mol. The van der Waals surface area contributed by atoms with Gasteiger partial charge in [-0.1, -0.05) is 11.8 Å². The molecule has 1 aromatic heterocycles. The third-order valence-electron chi connectivity index (χ3n) is 1.97. The third kappa shape index (κ3) is 3.42. The van der Waals surface area contributed by atoms with Gasteiger partial charge in [0.25, 0.3) is 5.91 Å². The van der Waals surface area contributed by atoms with E-state index in [1.807, 2.05) is 0 Å². The van der Waals surface area contributed by atoms with Gasteiger partial charge in [-0.05, 0) is 26.0 Å². The lowest BCUT2D eigenvalue weighted by Gasteiger charge is -2.16. The second-order valence-corrected chi connectivity index (χ2v) is 5.40. The summed E-state index contributed by atoms with van der Waals surface area (Å²) in [5, 5.41) is 19.4. The van der Waals surface area contributed by atoms with Crippen LogP contribution >= 0.6 is 11.8 Å². The van der Waals surface area contributed by atoms with E-state index in [1.165, 1.54) is 13.1 Å². The molecule has 0 bridgehead atoms. The summed E-state index contributed by atoms with van der Waals surface area (Å²) in [5.74, 6) is -1.26.